The van der Waals surface area contributed by atoms with Crippen LogP contribution in [-0.2, 0) is 7.05 Å². The average molecular weight is 272 g/mol. The molecular formula is C14H10ClN3O. The highest BCUT2D eigenvalue weighted by molar-refractivity contribution is 6.35. The molecule has 0 aliphatic carbocycles. The van der Waals surface area contributed by atoms with E-state index in [0.717, 1.165) is 10.8 Å². The lowest BCUT2D eigenvalue weighted by Crippen LogP contribution is -2.11. The van der Waals surface area contributed by atoms with Gasteiger partial charge in [-0.05, 0) is 11.5 Å². The van der Waals surface area contributed by atoms with Crippen molar-refractivity contribution in [3.63, 3.8) is 0 Å². The first-order valence-corrected chi connectivity index (χ1v) is 6.12. The van der Waals surface area contributed by atoms with E-state index in [9.17, 15) is 4.79 Å². The molecule has 0 unspecified atom stereocenters. The normalized spacial score (nSPS) is 10.8. The molecule has 2 heterocycles. The predicted molar refractivity (Wildman–Crippen MR) is 73.4 cm³/mol. The van der Waals surface area contributed by atoms with E-state index in [1.165, 1.54) is 10.9 Å². The molecule has 2 aromatic heterocycles. The van der Waals surface area contributed by atoms with Crippen LogP contribution >= 0.6 is 11.6 Å². The van der Waals surface area contributed by atoms with Crippen LogP contribution in [0.1, 0.15) is 16.2 Å². The van der Waals surface area contributed by atoms with Gasteiger partial charge in [-0.15, -0.1) is 0 Å². The number of ketones is 1. The summed E-state index contributed by atoms with van der Waals surface area (Å²) in [5, 5.41) is 6.10. The van der Waals surface area contributed by atoms with Gasteiger partial charge in [0.15, 0.2) is 0 Å². The van der Waals surface area contributed by atoms with Crippen molar-refractivity contribution >= 4 is 28.2 Å². The number of hydrogen-bond donors (Lipinski definition) is 0. The van der Waals surface area contributed by atoms with Crippen molar-refractivity contribution in [2.75, 3.05) is 0 Å². The Balaban J connectivity index is 2.23. The molecule has 0 aliphatic rings. The Kier molecular flexibility index (Phi) is 2.80. The largest absolute Gasteiger partial charge is 0.285 e. The van der Waals surface area contributed by atoms with Crippen LogP contribution in [0.4, 0.5) is 0 Å². The number of fused-ring (bicyclic) bond motifs is 1. The van der Waals surface area contributed by atoms with E-state index in [0.29, 0.717) is 16.4 Å². The number of aryl methyl sites for hydroxylation is 1. The van der Waals surface area contributed by atoms with Gasteiger partial charge in [0.1, 0.15) is 11.4 Å². The highest BCUT2D eigenvalue weighted by Crippen LogP contribution is 2.22. The van der Waals surface area contributed by atoms with Crippen molar-refractivity contribution in [2.24, 2.45) is 7.05 Å². The summed E-state index contributed by atoms with van der Waals surface area (Å²) in [6.07, 6.45) is 3.08. The van der Waals surface area contributed by atoms with Crippen molar-refractivity contribution in [2.45, 2.75) is 0 Å². The first kappa shape index (κ1) is 11.9. The quantitative estimate of drug-likeness (QED) is 0.674. The summed E-state index contributed by atoms with van der Waals surface area (Å²) in [5.41, 5.74) is 0.745. The molecular weight excluding hydrogens is 262 g/mol. The second-order valence-corrected chi connectivity index (χ2v) is 4.58. The first-order valence-electron chi connectivity index (χ1n) is 5.74. The van der Waals surface area contributed by atoms with Crippen LogP contribution in [0.25, 0.3) is 10.8 Å². The molecule has 0 fully saturated rings. The van der Waals surface area contributed by atoms with E-state index >= 15 is 0 Å². The zero-order valence-electron chi connectivity index (χ0n) is 10.2. The zero-order valence-corrected chi connectivity index (χ0v) is 10.9. The third-order valence-corrected chi connectivity index (χ3v) is 3.27. The standard InChI is InChI=1S/C14H10ClN3O/c1-18-13(11(15)8-17-18)14(19)12-10-5-3-2-4-9(10)6-7-16-12/h2-8H,1H3. The van der Waals surface area contributed by atoms with Gasteiger partial charge in [0.25, 0.3) is 0 Å². The molecule has 0 radical (unpaired) electrons. The van der Waals surface area contributed by atoms with E-state index in [1.807, 2.05) is 30.3 Å². The van der Waals surface area contributed by atoms with E-state index in [1.54, 1.807) is 13.2 Å². The monoisotopic (exact) mass is 271 g/mol. The van der Waals surface area contributed by atoms with Crippen LogP contribution < -0.4 is 0 Å². The topological polar surface area (TPSA) is 47.8 Å². The fraction of sp³-hybridized carbons (Fsp3) is 0.0714. The molecule has 3 aromatic rings. The molecule has 0 saturated carbocycles. The van der Waals surface area contributed by atoms with Crippen LogP contribution in [0.5, 0.6) is 0 Å². The van der Waals surface area contributed by atoms with Gasteiger partial charge in [0, 0.05) is 18.6 Å². The number of carbonyl (C=O) groups is 1. The van der Waals surface area contributed by atoms with Crippen molar-refractivity contribution in [3.8, 4) is 0 Å². The van der Waals surface area contributed by atoms with Crippen molar-refractivity contribution in [1.82, 2.24) is 14.8 Å². The van der Waals surface area contributed by atoms with Crippen molar-refractivity contribution in [3.05, 3.63) is 59.1 Å². The molecule has 0 atom stereocenters. The van der Waals surface area contributed by atoms with Crippen LogP contribution in [0.15, 0.2) is 42.7 Å². The summed E-state index contributed by atoms with van der Waals surface area (Å²) in [5.74, 6) is -0.221. The molecule has 3 rings (SSSR count). The minimum Gasteiger partial charge on any atom is -0.285 e. The van der Waals surface area contributed by atoms with Gasteiger partial charge in [0.2, 0.25) is 5.78 Å². The molecule has 19 heavy (non-hydrogen) atoms. The van der Waals surface area contributed by atoms with E-state index in [-0.39, 0.29) is 5.78 Å². The summed E-state index contributed by atoms with van der Waals surface area (Å²) >= 11 is 6.01. The first-order chi connectivity index (χ1) is 9.18. The number of aromatic nitrogens is 3. The number of halogens is 1. The lowest BCUT2D eigenvalue weighted by atomic mass is 10.1. The maximum atomic E-state index is 12.6. The Morgan fingerprint density at radius 1 is 1.26 bits per heavy atom. The molecule has 0 aliphatic heterocycles. The van der Waals surface area contributed by atoms with Gasteiger partial charge >= 0.3 is 0 Å². The third kappa shape index (κ3) is 1.90. The van der Waals surface area contributed by atoms with Gasteiger partial charge in [-0.25, -0.2) is 0 Å². The van der Waals surface area contributed by atoms with E-state index in [4.69, 9.17) is 11.6 Å². The van der Waals surface area contributed by atoms with Gasteiger partial charge in [-0.1, -0.05) is 35.9 Å². The number of hydrogen-bond acceptors (Lipinski definition) is 3. The van der Waals surface area contributed by atoms with Crippen LogP contribution in [0, 0.1) is 0 Å². The molecule has 0 spiro atoms. The van der Waals surface area contributed by atoms with Crippen molar-refractivity contribution in [1.29, 1.82) is 0 Å². The third-order valence-electron chi connectivity index (χ3n) is 3.00. The number of nitrogens with zero attached hydrogens (tertiary/aromatic N) is 3. The second-order valence-electron chi connectivity index (χ2n) is 4.17. The number of pyridine rings is 1. The molecule has 0 saturated heterocycles. The summed E-state index contributed by atoms with van der Waals surface area (Å²) < 4.78 is 1.47. The molecule has 94 valence electrons. The highest BCUT2D eigenvalue weighted by atomic mass is 35.5. The Bertz CT molecular complexity index is 754. The van der Waals surface area contributed by atoms with Gasteiger partial charge in [-0.3, -0.25) is 14.5 Å². The Hall–Kier alpha value is -2.20. The lowest BCUT2D eigenvalue weighted by Gasteiger charge is -2.05. The summed E-state index contributed by atoms with van der Waals surface area (Å²) in [4.78, 5) is 16.8. The van der Waals surface area contributed by atoms with E-state index < -0.39 is 0 Å². The number of carbonyl (C=O) groups excluding carboxylic acids is 1. The molecule has 5 heteroatoms. The predicted octanol–water partition coefficient (Wildman–Crippen LogP) is 2.85. The summed E-state index contributed by atoms with van der Waals surface area (Å²) in [6, 6.07) is 9.49. The number of benzene rings is 1. The minimum absolute atomic E-state index is 0.221. The Labute approximate surface area is 114 Å². The lowest BCUT2D eigenvalue weighted by molar-refractivity contribution is 0.102. The molecule has 1 aromatic carbocycles. The van der Waals surface area contributed by atoms with Gasteiger partial charge in [-0.2, -0.15) is 5.10 Å². The smallest absolute Gasteiger partial charge is 0.231 e. The van der Waals surface area contributed by atoms with Crippen molar-refractivity contribution < 1.29 is 4.79 Å². The maximum Gasteiger partial charge on any atom is 0.231 e. The SMILES string of the molecule is Cn1ncc(Cl)c1C(=O)c1nccc2ccccc12. The second kappa shape index (κ2) is 4.48. The summed E-state index contributed by atoms with van der Waals surface area (Å²) in [6.45, 7) is 0. The maximum absolute atomic E-state index is 12.6. The van der Waals surface area contributed by atoms with Crippen LogP contribution in [0.2, 0.25) is 5.02 Å². The van der Waals surface area contributed by atoms with Gasteiger partial charge < -0.3 is 0 Å². The number of rotatable bonds is 2. The van der Waals surface area contributed by atoms with E-state index in [2.05, 4.69) is 10.1 Å². The molecule has 0 bridgehead atoms. The highest BCUT2D eigenvalue weighted by Gasteiger charge is 2.20. The summed E-state index contributed by atoms with van der Waals surface area (Å²) in [7, 11) is 1.68. The Morgan fingerprint density at radius 3 is 2.79 bits per heavy atom. The fourth-order valence-corrected chi connectivity index (χ4v) is 2.33. The fourth-order valence-electron chi connectivity index (χ4n) is 2.08. The minimum atomic E-state index is -0.221. The molecule has 0 N–H and O–H groups in total. The average Bonchev–Trinajstić information content (AvgIpc) is 2.77. The van der Waals surface area contributed by atoms with Crippen LogP contribution in [-0.4, -0.2) is 20.5 Å². The Morgan fingerprint density at radius 2 is 2.05 bits per heavy atom. The van der Waals surface area contributed by atoms with Gasteiger partial charge in [0.05, 0.1) is 11.2 Å². The zero-order chi connectivity index (χ0) is 13.4. The molecule has 0 amide bonds. The molecule has 4 nitrogen and oxygen atoms in total. The van der Waals surface area contributed by atoms with Crippen LogP contribution in [0.3, 0.4) is 0 Å².